The quantitative estimate of drug-likeness (QED) is 0.764. The highest BCUT2D eigenvalue weighted by molar-refractivity contribution is 5.68. The second-order valence-electron chi connectivity index (χ2n) is 4.78. The van der Waals surface area contributed by atoms with E-state index in [0.717, 1.165) is 19.0 Å². The van der Waals surface area contributed by atoms with Crippen LogP contribution in [0.2, 0.25) is 0 Å². The molecule has 0 aromatic heterocycles. The van der Waals surface area contributed by atoms with Crippen molar-refractivity contribution in [1.29, 1.82) is 0 Å². The van der Waals surface area contributed by atoms with E-state index in [9.17, 15) is 0 Å². The standard InChI is InChI=1S/C17H18NO/c1-14-18(12-13-19-14)17(15-8-4-2-5-9-15)16-10-6-3-7-11-16/h2-11,17H,12-13H2,1H3/q+1. The normalized spacial score (nSPS) is 14.8. The van der Waals surface area contributed by atoms with Crippen LogP contribution in [0.3, 0.4) is 0 Å². The Labute approximate surface area is 114 Å². The molecule has 0 aliphatic carbocycles. The first-order valence-electron chi connectivity index (χ1n) is 6.69. The lowest BCUT2D eigenvalue weighted by molar-refractivity contribution is -0.554. The van der Waals surface area contributed by atoms with Gasteiger partial charge in [0.1, 0.15) is 0 Å². The van der Waals surface area contributed by atoms with Crippen LogP contribution in [0.1, 0.15) is 24.1 Å². The SMILES string of the molecule is CC1=[N+](C(c2ccccc2)c2ccccc2)CCO1. The fourth-order valence-corrected chi connectivity index (χ4v) is 2.67. The van der Waals surface area contributed by atoms with Crippen LogP contribution in [0.5, 0.6) is 0 Å². The highest BCUT2D eigenvalue weighted by Gasteiger charge is 2.31. The van der Waals surface area contributed by atoms with Crippen molar-refractivity contribution in [3.05, 3.63) is 71.8 Å². The van der Waals surface area contributed by atoms with E-state index in [2.05, 4.69) is 65.2 Å². The fourth-order valence-electron chi connectivity index (χ4n) is 2.67. The second kappa shape index (κ2) is 5.27. The largest absolute Gasteiger partial charge is 0.441 e. The van der Waals surface area contributed by atoms with Crippen LogP contribution in [-0.4, -0.2) is 23.6 Å². The molecule has 0 unspecified atom stereocenters. The van der Waals surface area contributed by atoms with E-state index in [4.69, 9.17) is 4.74 Å². The minimum atomic E-state index is 0.241. The molecule has 0 N–H and O–H groups in total. The zero-order valence-corrected chi connectivity index (χ0v) is 11.1. The van der Waals surface area contributed by atoms with Crippen LogP contribution in [-0.2, 0) is 4.74 Å². The molecule has 3 rings (SSSR count). The average molecular weight is 252 g/mol. The lowest BCUT2D eigenvalue weighted by Crippen LogP contribution is -2.22. The van der Waals surface area contributed by atoms with E-state index >= 15 is 0 Å². The Kier molecular flexibility index (Phi) is 3.32. The van der Waals surface area contributed by atoms with Gasteiger partial charge in [-0.1, -0.05) is 60.7 Å². The third kappa shape index (κ3) is 2.39. The maximum absolute atomic E-state index is 5.63. The summed E-state index contributed by atoms with van der Waals surface area (Å²) in [6.07, 6.45) is 0. The number of hydrogen-bond acceptors (Lipinski definition) is 1. The van der Waals surface area contributed by atoms with E-state index in [1.165, 1.54) is 11.1 Å². The van der Waals surface area contributed by atoms with Gasteiger partial charge < -0.3 is 4.74 Å². The second-order valence-corrected chi connectivity index (χ2v) is 4.78. The molecule has 0 spiro atoms. The summed E-state index contributed by atoms with van der Waals surface area (Å²) in [6.45, 7) is 3.77. The summed E-state index contributed by atoms with van der Waals surface area (Å²) >= 11 is 0. The smallest absolute Gasteiger partial charge is 0.334 e. The third-order valence-corrected chi connectivity index (χ3v) is 3.59. The van der Waals surface area contributed by atoms with Gasteiger partial charge in [-0.05, 0) is 0 Å². The summed E-state index contributed by atoms with van der Waals surface area (Å²) in [7, 11) is 0. The van der Waals surface area contributed by atoms with Crippen LogP contribution in [0.4, 0.5) is 0 Å². The third-order valence-electron chi connectivity index (χ3n) is 3.59. The fraction of sp³-hybridized carbons (Fsp3) is 0.235. The monoisotopic (exact) mass is 252 g/mol. The molecule has 0 saturated heterocycles. The Hall–Kier alpha value is -2.09. The van der Waals surface area contributed by atoms with Crippen LogP contribution in [0.25, 0.3) is 0 Å². The van der Waals surface area contributed by atoms with Gasteiger partial charge in [0, 0.05) is 11.1 Å². The lowest BCUT2D eigenvalue weighted by Gasteiger charge is -2.14. The maximum Gasteiger partial charge on any atom is 0.334 e. The Balaban J connectivity index is 2.09. The molecule has 2 aromatic carbocycles. The first-order valence-corrected chi connectivity index (χ1v) is 6.69. The highest BCUT2D eigenvalue weighted by atomic mass is 16.5. The number of nitrogens with zero attached hydrogens (tertiary/aromatic N) is 1. The average Bonchev–Trinajstić information content (AvgIpc) is 2.88. The molecule has 0 atom stereocenters. The molecule has 19 heavy (non-hydrogen) atoms. The van der Waals surface area contributed by atoms with E-state index in [0.29, 0.717) is 0 Å². The molecule has 1 heterocycles. The van der Waals surface area contributed by atoms with E-state index < -0.39 is 0 Å². The number of ether oxygens (including phenoxy) is 1. The van der Waals surface area contributed by atoms with Crippen molar-refractivity contribution in [2.45, 2.75) is 13.0 Å². The van der Waals surface area contributed by atoms with E-state index in [1.54, 1.807) is 0 Å². The van der Waals surface area contributed by atoms with Crippen molar-refractivity contribution in [2.75, 3.05) is 13.2 Å². The van der Waals surface area contributed by atoms with Gasteiger partial charge in [-0.2, -0.15) is 4.58 Å². The Morgan fingerprint density at radius 1 is 0.895 bits per heavy atom. The van der Waals surface area contributed by atoms with Crippen LogP contribution in [0, 0.1) is 0 Å². The summed E-state index contributed by atoms with van der Waals surface area (Å²) in [5.74, 6) is 1.01. The first-order chi connectivity index (χ1) is 9.36. The number of hydrogen-bond donors (Lipinski definition) is 0. The molecule has 0 radical (unpaired) electrons. The molecule has 2 aromatic rings. The van der Waals surface area contributed by atoms with E-state index in [-0.39, 0.29) is 6.04 Å². The molecule has 0 fully saturated rings. The van der Waals surface area contributed by atoms with Crippen molar-refractivity contribution in [2.24, 2.45) is 0 Å². The number of benzene rings is 2. The van der Waals surface area contributed by atoms with Crippen molar-refractivity contribution in [3.8, 4) is 0 Å². The van der Waals surface area contributed by atoms with Crippen LogP contribution in [0.15, 0.2) is 60.7 Å². The van der Waals surface area contributed by atoms with Gasteiger partial charge in [-0.3, -0.25) is 0 Å². The predicted octanol–water partition coefficient (Wildman–Crippen LogP) is 3.24. The molecule has 1 aliphatic rings. The number of rotatable bonds is 3. The van der Waals surface area contributed by atoms with Crippen LogP contribution < -0.4 is 0 Å². The van der Waals surface area contributed by atoms with Gasteiger partial charge in [0.05, 0.1) is 6.92 Å². The zero-order valence-electron chi connectivity index (χ0n) is 11.1. The van der Waals surface area contributed by atoms with Crippen molar-refractivity contribution < 1.29 is 9.31 Å². The minimum absolute atomic E-state index is 0.241. The summed E-state index contributed by atoms with van der Waals surface area (Å²) < 4.78 is 7.97. The minimum Gasteiger partial charge on any atom is -0.441 e. The first kappa shape index (κ1) is 12.0. The zero-order chi connectivity index (χ0) is 13.1. The topological polar surface area (TPSA) is 12.2 Å². The Bertz CT molecular complexity index is 535. The Morgan fingerprint density at radius 2 is 1.42 bits per heavy atom. The van der Waals surface area contributed by atoms with Crippen LogP contribution >= 0.6 is 0 Å². The summed E-state index contributed by atoms with van der Waals surface area (Å²) in [4.78, 5) is 0. The van der Waals surface area contributed by atoms with Gasteiger partial charge >= 0.3 is 5.90 Å². The summed E-state index contributed by atoms with van der Waals surface area (Å²) in [5, 5.41) is 0. The summed E-state index contributed by atoms with van der Waals surface area (Å²) in [6, 6.07) is 21.5. The molecule has 0 amide bonds. The van der Waals surface area contributed by atoms with Gasteiger partial charge in [-0.15, -0.1) is 0 Å². The van der Waals surface area contributed by atoms with Gasteiger partial charge in [-0.25, -0.2) is 0 Å². The van der Waals surface area contributed by atoms with Crippen molar-refractivity contribution in [3.63, 3.8) is 0 Å². The van der Waals surface area contributed by atoms with Gasteiger partial charge in [0.2, 0.25) is 6.04 Å². The molecular weight excluding hydrogens is 234 g/mol. The Morgan fingerprint density at radius 3 is 1.84 bits per heavy atom. The summed E-state index contributed by atoms with van der Waals surface area (Å²) in [5.41, 5.74) is 2.61. The molecule has 2 heteroatoms. The molecule has 0 saturated carbocycles. The highest BCUT2D eigenvalue weighted by Crippen LogP contribution is 2.27. The maximum atomic E-state index is 5.63. The lowest BCUT2D eigenvalue weighted by atomic mass is 9.98. The van der Waals surface area contributed by atoms with Crippen molar-refractivity contribution >= 4 is 5.90 Å². The molecule has 2 nitrogen and oxygen atoms in total. The molecule has 1 aliphatic heterocycles. The molecule has 0 bridgehead atoms. The van der Waals surface area contributed by atoms with Gasteiger partial charge in [0.15, 0.2) is 13.2 Å². The molecular formula is C17H18NO+. The van der Waals surface area contributed by atoms with Gasteiger partial charge in [0.25, 0.3) is 0 Å². The van der Waals surface area contributed by atoms with E-state index in [1.807, 2.05) is 6.92 Å². The predicted molar refractivity (Wildman–Crippen MR) is 76.5 cm³/mol. The molecule has 96 valence electrons. The van der Waals surface area contributed by atoms with Crippen molar-refractivity contribution in [1.82, 2.24) is 0 Å².